The summed E-state index contributed by atoms with van der Waals surface area (Å²) in [7, 11) is 0. The molecule has 0 bridgehead atoms. The van der Waals surface area contributed by atoms with Crippen LogP contribution in [0.1, 0.15) is 11.1 Å². The molecule has 0 nitrogen and oxygen atoms in total. The van der Waals surface area contributed by atoms with Crippen LogP contribution in [0.15, 0.2) is 158 Å². The van der Waals surface area contributed by atoms with Crippen molar-refractivity contribution in [1.82, 2.24) is 0 Å². The molecule has 0 unspecified atom stereocenters. The molecule has 0 aromatic heterocycles. The van der Waals surface area contributed by atoms with Crippen LogP contribution in [0.4, 0.5) is 0 Å². The summed E-state index contributed by atoms with van der Waals surface area (Å²) < 4.78 is 0. The van der Waals surface area contributed by atoms with Crippen molar-refractivity contribution in [2.45, 2.75) is 0 Å². The highest BCUT2D eigenvalue weighted by atomic mass is 14.1. The molecule has 0 aliphatic rings. The summed E-state index contributed by atoms with van der Waals surface area (Å²) in [5, 5.41) is 10.3. The second kappa shape index (κ2) is 10.2. The summed E-state index contributed by atoms with van der Waals surface area (Å²) in [6.07, 6.45) is 4.39. The van der Waals surface area contributed by atoms with E-state index < -0.39 is 0 Å². The summed E-state index contributed by atoms with van der Waals surface area (Å²) in [6.45, 7) is 0. The quantitative estimate of drug-likeness (QED) is 0.156. The summed E-state index contributed by atoms with van der Waals surface area (Å²) >= 11 is 0. The van der Waals surface area contributed by atoms with Gasteiger partial charge >= 0.3 is 0 Å². The van der Waals surface area contributed by atoms with E-state index in [0.29, 0.717) is 0 Å². The third-order valence-corrected chi connectivity index (χ3v) is 8.48. The van der Waals surface area contributed by atoms with Crippen LogP contribution in [-0.4, -0.2) is 0 Å². The SMILES string of the molecule is C(=Cc1ccc(-c2cccc3c2ccc2ccccc23)cc1)c1ccc(-c2cccc3c2ccc2ccccc23)cc1. The van der Waals surface area contributed by atoms with E-state index in [-0.39, 0.29) is 0 Å². The Labute approximate surface area is 245 Å². The van der Waals surface area contributed by atoms with E-state index in [4.69, 9.17) is 0 Å². The van der Waals surface area contributed by atoms with Crippen LogP contribution in [0.3, 0.4) is 0 Å². The van der Waals surface area contributed by atoms with Gasteiger partial charge in [-0.2, -0.15) is 0 Å². The molecule has 8 aromatic rings. The van der Waals surface area contributed by atoms with Crippen molar-refractivity contribution < 1.29 is 0 Å². The summed E-state index contributed by atoms with van der Waals surface area (Å²) in [6, 6.07) is 57.2. The summed E-state index contributed by atoms with van der Waals surface area (Å²) in [5.41, 5.74) is 7.39. The maximum absolute atomic E-state index is 2.25. The minimum atomic E-state index is 1.19. The van der Waals surface area contributed by atoms with Gasteiger partial charge < -0.3 is 0 Å². The van der Waals surface area contributed by atoms with E-state index in [1.165, 1.54) is 76.5 Å². The smallest absolute Gasteiger partial charge is 0.00990 e. The van der Waals surface area contributed by atoms with Crippen LogP contribution in [-0.2, 0) is 0 Å². The number of hydrogen-bond donors (Lipinski definition) is 0. The van der Waals surface area contributed by atoms with Crippen LogP contribution in [0.25, 0.3) is 77.5 Å². The standard InChI is InChI=1S/C42H28/c1-3-9-35-31(7-1)25-27-41-37(11-5-13-39(35)41)33-21-17-29(18-22-33)15-16-30-19-23-34(24-20-30)38-12-6-14-40-36-10-4-2-8-32(36)26-28-42(38)40/h1-28H. The second-order valence-electron chi connectivity index (χ2n) is 11.0. The molecule has 0 N–H and O–H groups in total. The van der Waals surface area contributed by atoms with Crippen LogP contribution < -0.4 is 0 Å². The zero-order valence-corrected chi connectivity index (χ0v) is 23.2. The fourth-order valence-electron chi connectivity index (χ4n) is 6.32. The van der Waals surface area contributed by atoms with Gasteiger partial charge in [0.15, 0.2) is 0 Å². The Bertz CT molecular complexity index is 2100. The molecule has 0 atom stereocenters. The lowest BCUT2D eigenvalue weighted by Crippen LogP contribution is -1.84. The first-order chi connectivity index (χ1) is 20.8. The lowest BCUT2D eigenvalue weighted by Gasteiger charge is -2.10. The highest BCUT2D eigenvalue weighted by molar-refractivity contribution is 6.13. The van der Waals surface area contributed by atoms with Crippen molar-refractivity contribution in [1.29, 1.82) is 0 Å². The monoisotopic (exact) mass is 532 g/mol. The molecule has 0 aliphatic heterocycles. The number of benzene rings is 8. The average Bonchev–Trinajstić information content (AvgIpc) is 3.07. The number of fused-ring (bicyclic) bond motifs is 6. The van der Waals surface area contributed by atoms with Gasteiger partial charge in [-0.15, -0.1) is 0 Å². The molecule has 0 aliphatic carbocycles. The maximum Gasteiger partial charge on any atom is -0.00990 e. The first-order valence-corrected chi connectivity index (χ1v) is 14.5. The highest BCUT2D eigenvalue weighted by Crippen LogP contribution is 2.35. The molecule has 0 amide bonds. The molecule has 8 aromatic carbocycles. The van der Waals surface area contributed by atoms with Crippen molar-refractivity contribution in [3.05, 3.63) is 169 Å². The Morgan fingerprint density at radius 3 is 1.12 bits per heavy atom. The fraction of sp³-hybridized carbons (Fsp3) is 0. The fourth-order valence-corrected chi connectivity index (χ4v) is 6.32. The van der Waals surface area contributed by atoms with E-state index in [2.05, 4.69) is 170 Å². The molecule has 0 heteroatoms. The Morgan fingerprint density at radius 2 is 0.667 bits per heavy atom. The molecule has 0 fully saturated rings. The highest BCUT2D eigenvalue weighted by Gasteiger charge is 2.08. The predicted molar refractivity (Wildman–Crippen MR) is 183 cm³/mol. The minimum absolute atomic E-state index is 1.19. The summed E-state index contributed by atoms with van der Waals surface area (Å²) in [4.78, 5) is 0. The first-order valence-electron chi connectivity index (χ1n) is 14.5. The lowest BCUT2D eigenvalue weighted by atomic mass is 9.94. The lowest BCUT2D eigenvalue weighted by molar-refractivity contribution is 1.62. The van der Waals surface area contributed by atoms with Gasteiger partial charge in [0, 0.05) is 0 Å². The van der Waals surface area contributed by atoms with Crippen molar-refractivity contribution in [3.8, 4) is 22.3 Å². The normalized spacial score (nSPS) is 11.7. The molecule has 0 spiro atoms. The Morgan fingerprint density at radius 1 is 0.262 bits per heavy atom. The molecule has 0 saturated heterocycles. The number of hydrogen-bond acceptors (Lipinski definition) is 0. The molecule has 0 radical (unpaired) electrons. The molecular formula is C42H28. The van der Waals surface area contributed by atoms with Gasteiger partial charge in [-0.1, -0.05) is 170 Å². The van der Waals surface area contributed by atoms with Gasteiger partial charge in [0.25, 0.3) is 0 Å². The third kappa shape index (κ3) is 4.26. The average molecular weight is 533 g/mol. The molecule has 0 saturated carbocycles. The van der Waals surface area contributed by atoms with Gasteiger partial charge in [0.05, 0.1) is 0 Å². The van der Waals surface area contributed by atoms with E-state index in [0.717, 1.165) is 0 Å². The molecule has 0 heterocycles. The molecule has 42 heavy (non-hydrogen) atoms. The van der Waals surface area contributed by atoms with Crippen molar-refractivity contribution >= 4 is 55.2 Å². The molecule has 196 valence electrons. The zero-order valence-electron chi connectivity index (χ0n) is 23.2. The summed E-state index contributed by atoms with van der Waals surface area (Å²) in [5.74, 6) is 0. The zero-order chi connectivity index (χ0) is 27.9. The minimum Gasteiger partial charge on any atom is -0.0616 e. The van der Waals surface area contributed by atoms with E-state index in [1.807, 2.05) is 0 Å². The largest absolute Gasteiger partial charge is 0.0616 e. The van der Waals surface area contributed by atoms with Crippen LogP contribution in [0.5, 0.6) is 0 Å². The van der Waals surface area contributed by atoms with Gasteiger partial charge in [-0.05, 0) is 76.5 Å². The van der Waals surface area contributed by atoms with Crippen molar-refractivity contribution in [2.75, 3.05) is 0 Å². The first kappa shape index (κ1) is 24.3. The van der Waals surface area contributed by atoms with Gasteiger partial charge in [-0.25, -0.2) is 0 Å². The van der Waals surface area contributed by atoms with Crippen molar-refractivity contribution in [2.24, 2.45) is 0 Å². The maximum atomic E-state index is 2.25. The third-order valence-electron chi connectivity index (χ3n) is 8.48. The Hall–Kier alpha value is -5.46. The van der Waals surface area contributed by atoms with Crippen LogP contribution >= 0.6 is 0 Å². The topological polar surface area (TPSA) is 0 Å². The molecular weight excluding hydrogens is 504 g/mol. The van der Waals surface area contributed by atoms with E-state index >= 15 is 0 Å². The van der Waals surface area contributed by atoms with E-state index in [9.17, 15) is 0 Å². The van der Waals surface area contributed by atoms with Crippen molar-refractivity contribution in [3.63, 3.8) is 0 Å². The van der Waals surface area contributed by atoms with Crippen LogP contribution in [0, 0.1) is 0 Å². The van der Waals surface area contributed by atoms with Gasteiger partial charge in [-0.3, -0.25) is 0 Å². The van der Waals surface area contributed by atoms with Crippen LogP contribution in [0.2, 0.25) is 0 Å². The second-order valence-corrected chi connectivity index (χ2v) is 11.0. The Balaban J connectivity index is 1.06. The van der Waals surface area contributed by atoms with Gasteiger partial charge in [0.1, 0.15) is 0 Å². The predicted octanol–water partition coefficient (Wildman–Crippen LogP) is 11.8. The van der Waals surface area contributed by atoms with Gasteiger partial charge in [0.2, 0.25) is 0 Å². The molecule has 8 rings (SSSR count). The van der Waals surface area contributed by atoms with E-state index in [1.54, 1.807) is 0 Å². The number of rotatable bonds is 4. The Kier molecular flexibility index (Phi) is 5.90.